The molecule has 1 aliphatic carbocycles. The lowest BCUT2D eigenvalue weighted by atomic mass is 9.56. The number of phenolic OH excluding ortho intramolecular Hbond substituents is 1. The maximum atomic E-state index is 12.4. The molecule has 0 amide bonds. The summed E-state index contributed by atoms with van der Waals surface area (Å²) in [4.78, 5) is 24.9. The van der Waals surface area contributed by atoms with Gasteiger partial charge in [0.1, 0.15) is 5.75 Å². The molecule has 0 radical (unpaired) electrons. The molecule has 1 aliphatic rings. The second kappa shape index (κ2) is 3.94. The van der Waals surface area contributed by atoms with Crippen LogP contribution in [0.2, 0.25) is 0 Å². The molecule has 0 heterocycles. The third-order valence-corrected chi connectivity index (χ3v) is 5.25. The van der Waals surface area contributed by atoms with Gasteiger partial charge in [0.2, 0.25) is 11.6 Å². The van der Waals surface area contributed by atoms with E-state index in [0.717, 1.165) is 10.9 Å². The van der Waals surface area contributed by atoms with Gasteiger partial charge in [-0.05, 0) is 29.1 Å². The van der Waals surface area contributed by atoms with Crippen LogP contribution in [0.5, 0.6) is 5.75 Å². The monoisotopic (exact) mass is 282 g/mol. The van der Waals surface area contributed by atoms with Crippen LogP contribution in [0.15, 0.2) is 30.3 Å². The fourth-order valence-electron chi connectivity index (χ4n) is 3.04. The van der Waals surface area contributed by atoms with Gasteiger partial charge in [0.15, 0.2) is 0 Å². The summed E-state index contributed by atoms with van der Waals surface area (Å²) in [5.41, 5.74) is 0.0346. The summed E-state index contributed by atoms with van der Waals surface area (Å²) in [7, 11) is 0. The first-order chi connectivity index (χ1) is 9.68. The standard InChI is InChI=1S/C18H18O3/c1-17(2)13-9-11-10(6-5-7-14(11)19)8-12(13)15(20)16(21)18(17,3)4/h5-9,19H,1-4H3. The van der Waals surface area contributed by atoms with Crippen molar-refractivity contribution in [1.29, 1.82) is 0 Å². The zero-order valence-corrected chi connectivity index (χ0v) is 12.7. The van der Waals surface area contributed by atoms with E-state index in [1.807, 2.05) is 39.8 Å². The minimum absolute atomic E-state index is 0.188. The van der Waals surface area contributed by atoms with E-state index in [1.54, 1.807) is 18.2 Å². The van der Waals surface area contributed by atoms with Gasteiger partial charge in [0.05, 0.1) is 0 Å². The van der Waals surface area contributed by atoms with E-state index in [1.165, 1.54) is 0 Å². The van der Waals surface area contributed by atoms with Crippen LogP contribution in [-0.4, -0.2) is 16.7 Å². The second-order valence-corrected chi connectivity index (χ2v) is 6.80. The maximum absolute atomic E-state index is 12.4. The van der Waals surface area contributed by atoms with Gasteiger partial charge in [-0.1, -0.05) is 39.8 Å². The van der Waals surface area contributed by atoms with Gasteiger partial charge in [-0.25, -0.2) is 0 Å². The van der Waals surface area contributed by atoms with E-state index in [9.17, 15) is 14.7 Å². The molecule has 0 fully saturated rings. The Morgan fingerprint density at radius 2 is 1.62 bits per heavy atom. The van der Waals surface area contributed by atoms with Crippen molar-refractivity contribution in [2.24, 2.45) is 5.41 Å². The van der Waals surface area contributed by atoms with Crippen molar-refractivity contribution < 1.29 is 14.7 Å². The van der Waals surface area contributed by atoms with Crippen LogP contribution in [-0.2, 0) is 10.2 Å². The number of fused-ring (bicyclic) bond motifs is 2. The zero-order chi connectivity index (χ0) is 15.6. The highest BCUT2D eigenvalue weighted by molar-refractivity contribution is 6.47. The fourth-order valence-corrected chi connectivity index (χ4v) is 3.04. The Labute approximate surface area is 123 Å². The number of carbonyl (C=O) groups excluding carboxylic acids is 2. The normalized spacial score (nSPS) is 19.6. The van der Waals surface area contributed by atoms with Crippen LogP contribution in [0.3, 0.4) is 0 Å². The SMILES string of the molecule is CC1(C)C(=O)C(=O)c2cc3cccc(O)c3cc2C1(C)C. The quantitative estimate of drug-likeness (QED) is 0.751. The predicted molar refractivity (Wildman–Crippen MR) is 81.8 cm³/mol. The summed E-state index contributed by atoms with van der Waals surface area (Å²) >= 11 is 0. The molecule has 2 aromatic carbocycles. The predicted octanol–water partition coefficient (Wildman–Crippen LogP) is 3.61. The average molecular weight is 282 g/mol. The second-order valence-electron chi connectivity index (χ2n) is 6.80. The molecule has 3 heteroatoms. The molecule has 2 aromatic rings. The summed E-state index contributed by atoms with van der Waals surface area (Å²) in [5, 5.41) is 11.5. The van der Waals surface area contributed by atoms with Crippen molar-refractivity contribution in [3.8, 4) is 5.75 Å². The highest BCUT2D eigenvalue weighted by Crippen LogP contribution is 2.48. The van der Waals surface area contributed by atoms with Gasteiger partial charge in [-0.2, -0.15) is 0 Å². The molecule has 0 unspecified atom stereocenters. The minimum atomic E-state index is -0.769. The molecule has 3 rings (SSSR count). The average Bonchev–Trinajstić information content (AvgIpc) is 2.43. The van der Waals surface area contributed by atoms with Gasteiger partial charge in [0.25, 0.3) is 0 Å². The Morgan fingerprint density at radius 1 is 0.952 bits per heavy atom. The number of carbonyl (C=O) groups is 2. The molecule has 0 saturated carbocycles. The van der Waals surface area contributed by atoms with E-state index in [-0.39, 0.29) is 11.5 Å². The number of aromatic hydroxyl groups is 1. The number of phenols is 1. The Hall–Kier alpha value is -2.16. The van der Waals surface area contributed by atoms with Crippen LogP contribution in [0, 0.1) is 5.41 Å². The topological polar surface area (TPSA) is 54.4 Å². The van der Waals surface area contributed by atoms with Crippen LogP contribution in [0.25, 0.3) is 10.8 Å². The largest absolute Gasteiger partial charge is 0.507 e. The Bertz CT molecular complexity index is 797. The van der Waals surface area contributed by atoms with Gasteiger partial charge < -0.3 is 5.11 Å². The fraction of sp³-hybridized carbons (Fsp3) is 0.333. The molecule has 1 N–H and O–H groups in total. The highest BCUT2D eigenvalue weighted by Gasteiger charge is 2.52. The zero-order valence-electron chi connectivity index (χ0n) is 12.7. The number of hydrogen-bond donors (Lipinski definition) is 1. The molecule has 0 saturated heterocycles. The molecular formula is C18H18O3. The lowest BCUT2D eigenvalue weighted by Gasteiger charge is -2.44. The molecule has 3 nitrogen and oxygen atoms in total. The van der Waals surface area contributed by atoms with Gasteiger partial charge >= 0.3 is 0 Å². The molecular weight excluding hydrogens is 264 g/mol. The number of rotatable bonds is 0. The van der Waals surface area contributed by atoms with Crippen LogP contribution in [0.4, 0.5) is 0 Å². The van der Waals surface area contributed by atoms with Crippen molar-refractivity contribution in [1.82, 2.24) is 0 Å². The third kappa shape index (κ3) is 1.60. The van der Waals surface area contributed by atoms with E-state index in [4.69, 9.17) is 0 Å². The van der Waals surface area contributed by atoms with E-state index in [0.29, 0.717) is 10.9 Å². The molecule has 108 valence electrons. The smallest absolute Gasteiger partial charge is 0.229 e. The Morgan fingerprint density at radius 3 is 2.29 bits per heavy atom. The van der Waals surface area contributed by atoms with E-state index >= 15 is 0 Å². The van der Waals surface area contributed by atoms with Crippen LogP contribution in [0.1, 0.15) is 43.6 Å². The first-order valence-corrected chi connectivity index (χ1v) is 7.03. The lowest BCUT2D eigenvalue weighted by Crippen LogP contribution is -2.50. The van der Waals surface area contributed by atoms with Gasteiger partial charge in [0, 0.05) is 21.8 Å². The number of benzene rings is 2. The summed E-state index contributed by atoms with van der Waals surface area (Å²) in [6.07, 6.45) is 0. The van der Waals surface area contributed by atoms with E-state index in [2.05, 4.69) is 0 Å². The van der Waals surface area contributed by atoms with Crippen molar-refractivity contribution in [3.05, 3.63) is 41.5 Å². The molecule has 0 atom stereocenters. The van der Waals surface area contributed by atoms with Crippen molar-refractivity contribution >= 4 is 22.3 Å². The lowest BCUT2D eigenvalue weighted by molar-refractivity contribution is -0.126. The van der Waals surface area contributed by atoms with E-state index < -0.39 is 16.6 Å². The summed E-state index contributed by atoms with van der Waals surface area (Å²) in [6, 6.07) is 8.77. The summed E-state index contributed by atoms with van der Waals surface area (Å²) < 4.78 is 0. The maximum Gasteiger partial charge on any atom is 0.229 e. The Kier molecular flexibility index (Phi) is 2.59. The van der Waals surface area contributed by atoms with Crippen molar-refractivity contribution in [2.75, 3.05) is 0 Å². The molecule has 0 bridgehead atoms. The van der Waals surface area contributed by atoms with Crippen molar-refractivity contribution in [2.45, 2.75) is 33.1 Å². The first-order valence-electron chi connectivity index (χ1n) is 7.03. The molecule has 0 aliphatic heterocycles. The summed E-state index contributed by atoms with van der Waals surface area (Å²) in [5.74, 6) is -0.590. The van der Waals surface area contributed by atoms with Crippen molar-refractivity contribution in [3.63, 3.8) is 0 Å². The minimum Gasteiger partial charge on any atom is -0.507 e. The Balaban J connectivity index is 2.44. The van der Waals surface area contributed by atoms with Crippen LogP contribution >= 0.6 is 0 Å². The number of ketones is 2. The molecule has 0 aromatic heterocycles. The molecule has 21 heavy (non-hydrogen) atoms. The summed E-state index contributed by atoms with van der Waals surface area (Å²) in [6.45, 7) is 7.57. The number of hydrogen-bond acceptors (Lipinski definition) is 3. The molecule has 0 spiro atoms. The number of Topliss-reactive ketones (excluding diaryl/α,β-unsaturated/α-hetero) is 2. The highest BCUT2D eigenvalue weighted by atomic mass is 16.3. The van der Waals surface area contributed by atoms with Gasteiger partial charge in [-0.15, -0.1) is 0 Å². The van der Waals surface area contributed by atoms with Crippen LogP contribution < -0.4 is 0 Å². The third-order valence-electron chi connectivity index (χ3n) is 5.25. The first kappa shape index (κ1) is 13.8. The van der Waals surface area contributed by atoms with Gasteiger partial charge in [-0.3, -0.25) is 9.59 Å².